The fourth-order valence-corrected chi connectivity index (χ4v) is 2.90. The predicted octanol–water partition coefficient (Wildman–Crippen LogP) is 3.26. The van der Waals surface area contributed by atoms with E-state index in [1.807, 2.05) is 0 Å². The first-order valence-electron chi connectivity index (χ1n) is 4.87. The van der Waals surface area contributed by atoms with Crippen LogP contribution in [0.2, 0.25) is 0 Å². The molecule has 0 bridgehead atoms. The van der Waals surface area contributed by atoms with Crippen molar-refractivity contribution in [1.82, 2.24) is 0 Å². The first kappa shape index (κ1) is 9.69. The molecule has 1 heterocycles. The van der Waals surface area contributed by atoms with Crippen LogP contribution >= 0.6 is 11.3 Å². The molecule has 1 aromatic heterocycles. The van der Waals surface area contributed by atoms with E-state index in [1.165, 1.54) is 21.2 Å². The summed E-state index contributed by atoms with van der Waals surface area (Å²) >= 11 is 1.77. The molecular formula is C12H14OS. The maximum Gasteiger partial charge on any atom is 0.0687 e. The Morgan fingerprint density at radius 3 is 2.79 bits per heavy atom. The molecule has 0 radical (unpaired) electrons. The van der Waals surface area contributed by atoms with Crippen LogP contribution < -0.4 is 0 Å². The Bertz CT molecular complexity index is 457. The van der Waals surface area contributed by atoms with Gasteiger partial charge in [0, 0.05) is 4.70 Å². The highest BCUT2D eigenvalue weighted by atomic mass is 32.1. The average Bonchev–Trinajstić information content (AvgIpc) is 2.62. The maximum atomic E-state index is 9.33. The predicted molar refractivity (Wildman–Crippen MR) is 61.9 cm³/mol. The van der Waals surface area contributed by atoms with Crippen molar-refractivity contribution in [2.24, 2.45) is 0 Å². The smallest absolute Gasteiger partial charge is 0.0687 e. The Labute approximate surface area is 88.0 Å². The van der Waals surface area contributed by atoms with Crippen molar-refractivity contribution in [2.75, 3.05) is 0 Å². The van der Waals surface area contributed by atoms with Crippen LogP contribution in [0.25, 0.3) is 10.1 Å². The molecule has 0 aliphatic rings. The highest BCUT2D eigenvalue weighted by Crippen LogP contribution is 2.30. The van der Waals surface area contributed by atoms with Crippen LogP contribution in [0.15, 0.2) is 17.5 Å². The quantitative estimate of drug-likeness (QED) is 0.799. The van der Waals surface area contributed by atoms with Gasteiger partial charge >= 0.3 is 0 Å². The fraction of sp³-hybridized carbons (Fsp3) is 0.333. The molecular weight excluding hydrogens is 192 g/mol. The Balaban J connectivity index is 2.82. The molecule has 2 rings (SSSR count). The lowest BCUT2D eigenvalue weighted by Gasteiger charge is -2.10. The van der Waals surface area contributed by atoms with Crippen LogP contribution in [-0.4, -0.2) is 5.11 Å². The van der Waals surface area contributed by atoms with Crippen molar-refractivity contribution in [3.63, 3.8) is 0 Å². The third-order valence-corrected chi connectivity index (χ3v) is 3.58. The molecule has 0 aliphatic carbocycles. The minimum Gasteiger partial charge on any atom is -0.392 e. The van der Waals surface area contributed by atoms with Crippen LogP contribution in [0.5, 0.6) is 0 Å². The SMILES string of the molecule is CCc1c(CO)c(C)cc2sccc12. The monoisotopic (exact) mass is 206 g/mol. The molecule has 1 N–H and O–H groups in total. The summed E-state index contributed by atoms with van der Waals surface area (Å²) in [6, 6.07) is 4.32. The average molecular weight is 206 g/mol. The van der Waals surface area contributed by atoms with Gasteiger partial charge < -0.3 is 5.11 Å². The Kier molecular flexibility index (Phi) is 2.57. The molecule has 0 aliphatic heterocycles. The number of hydrogen-bond donors (Lipinski definition) is 1. The van der Waals surface area contributed by atoms with Gasteiger partial charge in [-0.2, -0.15) is 0 Å². The summed E-state index contributed by atoms with van der Waals surface area (Å²) in [5.74, 6) is 0. The van der Waals surface area contributed by atoms with Crippen molar-refractivity contribution in [2.45, 2.75) is 26.9 Å². The summed E-state index contributed by atoms with van der Waals surface area (Å²) in [7, 11) is 0. The van der Waals surface area contributed by atoms with Crippen molar-refractivity contribution in [3.8, 4) is 0 Å². The molecule has 74 valence electrons. The lowest BCUT2D eigenvalue weighted by Crippen LogP contribution is -1.96. The van der Waals surface area contributed by atoms with E-state index in [0.717, 1.165) is 12.0 Å². The second kappa shape index (κ2) is 3.71. The normalized spacial score (nSPS) is 11.1. The number of fused-ring (bicyclic) bond motifs is 1. The molecule has 2 aromatic rings. The van der Waals surface area contributed by atoms with Crippen LogP contribution in [0.1, 0.15) is 23.6 Å². The molecule has 0 fully saturated rings. The van der Waals surface area contributed by atoms with Gasteiger partial charge in [0.2, 0.25) is 0 Å². The molecule has 1 aromatic carbocycles. The number of benzene rings is 1. The second-order valence-corrected chi connectivity index (χ2v) is 4.44. The molecule has 0 saturated carbocycles. The lowest BCUT2D eigenvalue weighted by atomic mass is 9.97. The van der Waals surface area contributed by atoms with E-state index in [-0.39, 0.29) is 6.61 Å². The summed E-state index contributed by atoms with van der Waals surface area (Å²) < 4.78 is 1.33. The minimum absolute atomic E-state index is 0.154. The van der Waals surface area contributed by atoms with E-state index in [0.29, 0.717) is 0 Å². The van der Waals surface area contributed by atoms with E-state index in [2.05, 4.69) is 31.4 Å². The first-order valence-corrected chi connectivity index (χ1v) is 5.75. The van der Waals surface area contributed by atoms with Gasteiger partial charge in [0.25, 0.3) is 0 Å². The number of hydrogen-bond acceptors (Lipinski definition) is 2. The molecule has 0 saturated heterocycles. The van der Waals surface area contributed by atoms with E-state index >= 15 is 0 Å². The van der Waals surface area contributed by atoms with Gasteiger partial charge in [-0.25, -0.2) is 0 Å². The molecule has 14 heavy (non-hydrogen) atoms. The summed E-state index contributed by atoms with van der Waals surface area (Å²) in [5.41, 5.74) is 3.63. The van der Waals surface area contributed by atoms with Gasteiger partial charge in [-0.1, -0.05) is 6.92 Å². The third-order valence-electron chi connectivity index (χ3n) is 2.72. The first-order chi connectivity index (χ1) is 6.77. The van der Waals surface area contributed by atoms with Crippen LogP contribution in [0, 0.1) is 6.92 Å². The molecule has 2 heteroatoms. The Morgan fingerprint density at radius 1 is 1.36 bits per heavy atom. The molecule has 1 nitrogen and oxygen atoms in total. The summed E-state index contributed by atoms with van der Waals surface area (Å²) in [6.07, 6.45) is 0.991. The zero-order valence-corrected chi connectivity index (χ0v) is 9.32. The van der Waals surface area contributed by atoms with E-state index in [1.54, 1.807) is 11.3 Å². The number of aliphatic hydroxyl groups is 1. The largest absolute Gasteiger partial charge is 0.392 e. The van der Waals surface area contributed by atoms with Gasteiger partial charge in [-0.3, -0.25) is 0 Å². The topological polar surface area (TPSA) is 20.2 Å². The third kappa shape index (κ3) is 1.35. The van der Waals surface area contributed by atoms with Gasteiger partial charge in [-0.05, 0) is 52.9 Å². The van der Waals surface area contributed by atoms with Crippen LogP contribution in [0.3, 0.4) is 0 Å². The van der Waals surface area contributed by atoms with Crippen molar-refractivity contribution in [1.29, 1.82) is 0 Å². The zero-order chi connectivity index (χ0) is 10.1. The van der Waals surface area contributed by atoms with Crippen LogP contribution in [0.4, 0.5) is 0 Å². The second-order valence-electron chi connectivity index (χ2n) is 3.49. The lowest BCUT2D eigenvalue weighted by molar-refractivity contribution is 0.280. The molecule has 0 spiro atoms. The van der Waals surface area contributed by atoms with Gasteiger partial charge in [0.1, 0.15) is 0 Å². The summed E-state index contributed by atoms with van der Waals surface area (Å²) in [4.78, 5) is 0. The number of aliphatic hydroxyl groups excluding tert-OH is 1. The number of thiophene rings is 1. The maximum absolute atomic E-state index is 9.33. The van der Waals surface area contributed by atoms with E-state index < -0.39 is 0 Å². The molecule has 0 unspecified atom stereocenters. The number of rotatable bonds is 2. The standard InChI is InChI=1S/C12H14OS/c1-3-9-10-4-5-14-12(10)6-8(2)11(9)7-13/h4-6,13H,3,7H2,1-2H3. The Hall–Kier alpha value is -0.860. The number of aryl methyl sites for hydroxylation is 2. The molecule has 0 atom stereocenters. The highest BCUT2D eigenvalue weighted by molar-refractivity contribution is 7.17. The van der Waals surface area contributed by atoms with Crippen molar-refractivity contribution < 1.29 is 5.11 Å². The van der Waals surface area contributed by atoms with Crippen LogP contribution in [-0.2, 0) is 13.0 Å². The Morgan fingerprint density at radius 2 is 2.14 bits per heavy atom. The highest BCUT2D eigenvalue weighted by Gasteiger charge is 2.09. The van der Waals surface area contributed by atoms with Gasteiger partial charge in [0.05, 0.1) is 6.61 Å². The fourth-order valence-electron chi connectivity index (χ4n) is 1.99. The summed E-state index contributed by atoms with van der Waals surface area (Å²) in [6.45, 7) is 4.37. The molecule has 0 amide bonds. The summed E-state index contributed by atoms with van der Waals surface area (Å²) in [5, 5.41) is 12.8. The van der Waals surface area contributed by atoms with Crippen molar-refractivity contribution >= 4 is 21.4 Å². The van der Waals surface area contributed by atoms with E-state index in [9.17, 15) is 5.11 Å². The van der Waals surface area contributed by atoms with Gasteiger partial charge in [0.15, 0.2) is 0 Å². The van der Waals surface area contributed by atoms with Crippen molar-refractivity contribution in [3.05, 3.63) is 34.2 Å². The van der Waals surface area contributed by atoms with Gasteiger partial charge in [-0.15, -0.1) is 11.3 Å². The van der Waals surface area contributed by atoms with E-state index in [4.69, 9.17) is 0 Å². The zero-order valence-electron chi connectivity index (χ0n) is 8.50. The minimum atomic E-state index is 0.154.